The largest absolute Gasteiger partial charge is 0.353 e. The quantitative estimate of drug-likeness (QED) is 0.854. The first-order valence-corrected chi connectivity index (χ1v) is 8.15. The van der Waals surface area contributed by atoms with Gasteiger partial charge in [0.1, 0.15) is 6.04 Å². The molecule has 0 saturated carbocycles. The summed E-state index contributed by atoms with van der Waals surface area (Å²) in [5, 5.41) is 1.78. The van der Waals surface area contributed by atoms with Crippen LogP contribution in [0.5, 0.6) is 0 Å². The molecule has 4 rings (SSSR count). The summed E-state index contributed by atoms with van der Waals surface area (Å²) in [5.74, 6) is 0. The van der Waals surface area contributed by atoms with E-state index in [1.807, 2.05) is 30.1 Å². The molecule has 0 bridgehead atoms. The van der Waals surface area contributed by atoms with Gasteiger partial charge in [-0.05, 0) is 24.3 Å². The molecular weight excluding hydrogens is 280 g/mol. The molecule has 108 valence electrons. The van der Waals surface area contributed by atoms with Gasteiger partial charge in [0.15, 0.2) is 5.17 Å². The van der Waals surface area contributed by atoms with E-state index in [0.717, 1.165) is 12.2 Å². The van der Waals surface area contributed by atoms with Gasteiger partial charge in [0.2, 0.25) is 0 Å². The summed E-state index contributed by atoms with van der Waals surface area (Å²) in [5.41, 5.74) is 2.36. The highest BCUT2D eigenvalue weighted by atomic mass is 32.2. The Kier molecular flexibility index (Phi) is 3.03. The summed E-state index contributed by atoms with van der Waals surface area (Å²) in [4.78, 5) is 12.0. The lowest BCUT2D eigenvalue weighted by molar-refractivity contribution is 0.309. The molecule has 4 heterocycles. The molecular formula is C16H18N4S. The predicted molar refractivity (Wildman–Crippen MR) is 86.3 cm³/mol. The van der Waals surface area contributed by atoms with Crippen LogP contribution < -0.4 is 0 Å². The molecule has 0 radical (unpaired) electrons. The number of aliphatic imine (C=N–C) groups is 1. The van der Waals surface area contributed by atoms with Gasteiger partial charge in [0.05, 0.1) is 11.7 Å². The fraction of sp³-hybridized carbons (Fsp3) is 0.375. The Morgan fingerprint density at radius 3 is 2.86 bits per heavy atom. The zero-order chi connectivity index (χ0) is 14.4. The van der Waals surface area contributed by atoms with E-state index in [-0.39, 0.29) is 12.1 Å². The topological polar surface area (TPSA) is 33.4 Å². The highest BCUT2D eigenvalue weighted by Gasteiger charge is 2.44. The van der Waals surface area contributed by atoms with Crippen molar-refractivity contribution in [1.29, 1.82) is 0 Å². The maximum absolute atomic E-state index is 4.98. The smallest absolute Gasteiger partial charge is 0.160 e. The number of hydrogen-bond acceptors (Lipinski definition) is 4. The average Bonchev–Trinajstić information content (AvgIpc) is 3.14. The Bertz CT molecular complexity index is 679. The van der Waals surface area contributed by atoms with Crippen molar-refractivity contribution < 1.29 is 0 Å². The second kappa shape index (κ2) is 4.91. The molecule has 5 heteroatoms. The van der Waals surface area contributed by atoms with Crippen LogP contribution in [-0.2, 0) is 7.05 Å². The van der Waals surface area contributed by atoms with Gasteiger partial charge in [-0.25, -0.2) is 0 Å². The first-order chi connectivity index (χ1) is 10.2. The summed E-state index contributed by atoms with van der Waals surface area (Å²) < 4.78 is 2.20. The van der Waals surface area contributed by atoms with Crippen LogP contribution in [0.1, 0.15) is 30.4 Å². The minimum absolute atomic E-state index is 0.0924. The fourth-order valence-electron chi connectivity index (χ4n) is 3.22. The summed E-state index contributed by atoms with van der Waals surface area (Å²) >= 11 is 1.88. The number of nitrogens with zero attached hydrogens (tertiary/aromatic N) is 4. The molecule has 4 nitrogen and oxygen atoms in total. The second-order valence-electron chi connectivity index (χ2n) is 5.68. The van der Waals surface area contributed by atoms with Crippen molar-refractivity contribution in [3.8, 4) is 0 Å². The van der Waals surface area contributed by atoms with Crippen molar-refractivity contribution in [3.05, 3.63) is 54.1 Å². The third-order valence-electron chi connectivity index (χ3n) is 4.17. The standard InChI is InChI=1S/C16H18N4S/c1-11-10-20-15(13-7-5-9-19(13)2)14(18-16(20)21-11)12-6-3-4-8-17-12/h3-9,11,14-15H,10H2,1-2H3. The minimum Gasteiger partial charge on any atom is -0.353 e. The Morgan fingerprint density at radius 1 is 1.24 bits per heavy atom. The number of aromatic nitrogens is 2. The van der Waals surface area contributed by atoms with Crippen LogP contribution >= 0.6 is 11.8 Å². The monoisotopic (exact) mass is 298 g/mol. The highest BCUT2D eigenvalue weighted by Crippen LogP contribution is 2.47. The lowest BCUT2D eigenvalue weighted by Gasteiger charge is -2.27. The number of rotatable bonds is 2. The number of thioether (sulfide) groups is 1. The molecule has 0 aliphatic carbocycles. The number of amidine groups is 1. The van der Waals surface area contributed by atoms with E-state index < -0.39 is 0 Å². The van der Waals surface area contributed by atoms with Gasteiger partial charge < -0.3 is 9.47 Å². The van der Waals surface area contributed by atoms with Gasteiger partial charge >= 0.3 is 0 Å². The van der Waals surface area contributed by atoms with Crippen molar-refractivity contribution in [2.24, 2.45) is 12.0 Å². The van der Waals surface area contributed by atoms with Crippen LogP contribution in [0.4, 0.5) is 0 Å². The molecule has 1 fully saturated rings. The SMILES string of the molecule is CC1CN2C(=NC(c3ccccn3)C2c2cccn2C)S1. The Labute approximate surface area is 128 Å². The number of pyridine rings is 1. The van der Waals surface area contributed by atoms with Gasteiger partial charge in [-0.1, -0.05) is 24.8 Å². The molecule has 2 aliphatic heterocycles. The van der Waals surface area contributed by atoms with Gasteiger partial charge in [-0.15, -0.1) is 0 Å². The first-order valence-electron chi connectivity index (χ1n) is 7.27. The summed E-state index contributed by atoms with van der Waals surface area (Å²) in [7, 11) is 2.11. The van der Waals surface area contributed by atoms with Gasteiger partial charge in [-0.3, -0.25) is 9.98 Å². The van der Waals surface area contributed by atoms with Crippen LogP contribution in [0.15, 0.2) is 47.7 Å². The third-order valence-corrected chi connectivity index (χ3v) is 5.27. The van der Waals surface area contributed by atoms with Gasteiger partial charge in [-0.2, -0.15) is 0 Å². The molecule has 2 aromatic rings. The molecule has 1 saturated heterocycles. The molecule has 21 heavy (non-hydrogen) atoms. The average molecular weight is 298 g/mol. The van der Waals surface area contributed by atoms with E-state index in [1.54, 1.807) is 0 Å². The molecule has 3 atom stereocenters. The second-order valence-corrected chi connectivity index (χ2v) is 7.09. The van der Waals surface area contributed by atoms with E-state index in [9.17, 15) is 0 Å². The Hall–Kier alpha value is -1.75. The van der Waals surface area contributed by atoms with Crippen molar-refractivity contribution in [3.63, 3.8) is 0 Å². The van der Waals surface area contributed by atoms with Gasteiger partial charge in [0.25, 0.3) is 0 Å². The maximum atomic E-state index is 4.98. The lowest BCUT2D eigenvalue weighted by Crippen LogP contribution is -2.29. The van der Waals surface area contributed by atoms with E-state index >= 15 is 0 Å². The molecule has 0 N–H and O–H groups in total. The molecule has 2 aliphatic rings. The zero-order valence-electron chi connectivity index (χ0n) is 12.2. The molecule has 0 aromatic carbocycles. The summed E-state index contributed by atoms with van der Waals surface area (Å²) in [6.07, 6.45) is 3.96. The highest BCUT2D eigenvalue weighted by molar-refractivity contribution is 8.14. The van der Waals surface area contributed by atoms with Crippen molar-refractivity contribution >= 4 is 16.9 Å². The lowest BCUT2D eigenvalue weighted by atomic mass is 10.0. The third kappa shape index (κ3) is 2.07. The zero-order valence-corrected chi connectivity index (χ0v) is 13.0. The maximum Gasteiger partial charge on any atom is 0.160 e. The Morgan fingerprint density at radius 2 is 2.14 bits per heavy atom. The van der Waals surface area contributed by atoms with Crippen LogP contribution in [0, 0.1) is 0 Å². The fourth-order valence-corrected chi connectivity index (χ4v) is 4.31. The van der Waals surface area contributed by atoms with Crippen LogP contribution in [-0.4, -0.2) is 31.4 Å². The molecule has 0 spiro atoms. The first kappa shape index (κ1) is 13.0. The molecule has 3 unspecified atom stereocenters. The molecule has 2 aromatic heterocycles. The van der Waals surface area contributed by atoms with Crippen LogP contribution in [0.25, 0.3) is 0 Å². The number of hydrogen-bond donors (Lipinski definition) is 0. The van der Waals surface area contributed by atoms with E-state index in [2.05, 4.69) is 52.8 Å². The normalized spacial score (nSPS) is 27.8. The van der Waals surface area contributed by atoms with E-state index in [1.165, 1.54) is 10.9 Å². The van der Waals surface area contributed by atoms with Crippen molar-refractivity contribution in [2.45, 2.75) is 24.3 Å². The van der Waals surface area contributed by atoms with E-state index in [4.69, 9.17) is 4.99 Å². The van der Waals surface area contributed by atoms with Crippen LogP contribution in [0.3, 0.4) is 0 Å². The number of fused-ring (bicyclic) bond motifs is 1. The molecule has 0 amide bonds. The predicted octanol–water partition coefficient (Wildman–Crippen LogP) is 3.01. The number of aryl methyl sites for hydroxylation is 1. The van der Waals surface area contributed by atoms with Crippen molar-refractivity contribution in [2.75, 3.05) is 6.54 Å². The summed E-state index contributed by atoms with van der Waals surface area (Å²) in [6, 6.07) is 10.7. The Balaban J connectivity index is 1.79. The minimum atomic E-state index is 0.0924. The van der Waals surface area contributed by atoms with Gasteiger partial charge in [0, 0.05) is 36.9 Å². The van der Waals surface area contributed by atoms with Crippen molar-refractivity contribution in [1.82, 2.24) is 14.5 Å². The van der Waals surface area contributed by atoms with E-state index in [0.29, 0.717) is 5.25 Å². The van der Waals surface area contributed by atoms with Crippen LogP contribution in [0.2, 0.25) is 0 Å². The summed E-state index contributed by atoms with van der Waals surface area (Å²) in [6.45, 7) is 3.33.